The van der Waals surface area contributed by atoms with Gasteiger partial charge in [0.05, 0.1) is 7.11 Å². The standard InChI is InChI=1S/C10H11BrO/c1-3-4-8-5-9(11)7-10(6-8)12-2/h3,5-7H,1,4H2,2H3. The van der Waals surface area contributed by atoms with Crippen molar-refractivity contribution < 1.29 is 4.74 Å². The van der Waals surface area contributed by atoms with Crippen LogP contribution < -0.4 is 4.74 Å². The number of hydrogen-bond acceptors (Lipinski definition) is 1. The Morgan fingerprint density at radius 1 is 1.50 bits per heavy atom. The van der Waals surface area contributed by atoms with E-state index < -0.39 is 0 Å². The van der Waals surface area contributed by atoms with E-state index in [9.17, 15) is 0 Å². The topological polar surface area (TPSA) is 9.23 Å². The molecule has 0 atom stereocenters. The fourth-order valence-corrected chi connectivity index (χ4v) is 1.54. The van der Waals surface area contributed by atoms with Crippen molar-refractivity contribution in [2.24, 2.45) is 0 Å². The van der Waals surface area contributed by atoms with Gasteiger partial charge in [-0.3, -0.25) is 0 Å². The Kier molecular flexibility index (Phi) is 3.35. The second kappa shape index (κ2) is 4.31. The quantitative estimate of drug-likeness (QED) is 0.720. The highest BCUT2D eigenvalue weighted by Gasteiger charge is 1.97. The van der Waals surface area contributed by atoms with Gasteiger partial charge >= 0.3 is 0 Å². The van der Waals surface area contributed by atoms with Crippen molar-refractivity contribution in [2.45, 2.75) is 6.42 Å². The maximum atomic E-state index is 5.12. The van der Waals surface area contributed by atoms with Crippen LogP contribution in [0.3, 0.4) is 0 Å². The van der Waals surface area contributed by atoms with E-state index in [1.807, 2.05) is 18.2 Å². The zero-order valence-corrected chi connectivity index (χ0v) is 8.60. The van der Waals surface area contributed by atoms with Crippen LogP contribution in [-0.4, -0.2) is 7.11 Å². The first-order chi connectivity index (χ1) is 5.76. The van der Waals surface area contributed by atoms with Gasteiger partial charge in [-0.15, -0.1) is 6.58 Å². The Hall–Kier alpha value is -0.760. The van der Waals surface area contributed by atoms with Crippen LogP contribution in [0.15, 0.2) is 35.3 Å². The van der Waals surface area contributed by atoms with Crippen molar-refractivity contribution >= 4 is 15.9 Å². The highest BCUT2D eigenvalue weighted by Crippen LogP contribution is 2.21. The van der Waals surface area contributed by atoms with E-state index in [-0.39, 0.29) is 0 Å². The van der Waals surface area contributed by atoms with Crippen LogP contribution in [0, 0.1) is 0 Å². The lowest BCUT2D eigenvalue weighted by Crippen LogP contribution is -1.86. The number of halogens is 1. The molecule has 1 rings (SSSR count). The van der Waals surface area contributed by atoms with E-state index in [4.69, 9.17) is 4.74 Å². The summed E-state index contributed by atoms with van der Waals surface area (Å²) in [4.78, 5) is 0. The van der Waals surface area contributed by atoms with Gasteiger partial charge in [-0.05, 0) is 30.2 Å². The zero-order chi connectivity index (χ0) is 8.97. The Labute approximate surface area is 81.2 Å². The first kappa shape index (κ1) is 9.33. The zero-order valence-electron chi connectivity index (χ0n) is 7.01. The molecule has 0 saturated carbocycles. The van der Waals surface area contributed by atoms with Crippen molar-refractivity contribution in [3.05, 3.63) is 40.9 Å². The first-order valence-corrected chi connectivity index (χ1v) is 4.50. The summed E-state index contributed by atoms with van der Waals surface area (Å²) in [5.74, 6) is 0.876. The van der Waals surface area contributed by atoms with Crippen molar-refractivity contribution in [2.75, 3.05) is 7.11 Å². The molecular formula is C10H11BrO. The minimum absolute atomic E-state index is 0.871. The molecule has 0 radical (unpaired) electrons. The summed E-state index contributed by atoms with van der Waals surface area (Å²) in [6.45, 7) is 3.69. The van der Waals surface area contributed by atoms with Gasteiger partial charge in [0.2, 0.25) is 0 Å². The third-order valence-electron chi connectivity index (χ3n) is 1.55. The SMILES string of the molecule is C=CCc1cc(Br)cc(OC)c1. The average molecular weight is 227 g/mol. The van der Waals surface area contributed by atoms with Crippen LogP contribution in [0.5, 0.6) is 5.75 Å². The van der Waals surface area contributed by atoms with Gasteiger partial charge < -0.3 is 4.74 Å². The molecule has 0 aromatic heterocycles. The van der Waals surface area contributed by atoms with Crippen LogP contribution in [0.25, 0.3) is 0 Å². The van der Waals surface area contributed by atoms with Gasteiger partial charge in [-0.25, -0.2) is 0 Å². The minimum Gasteiger partial charge on any atom is -0.497 e. The molecule has 0 bridgehead atoms. The molecule has 0 aliphatic carbocycles. The molecule has 1 aromatic carbocycles. The molecule has 0 saturated heterocycles. The van der Waals surface area contributed by atoms with Gasteiger partial charge in [-0.2, -0.15) is 0 Å². The number of hydrogen-bond donors (Lipinski definition) is 0. The largest absolute Gasteiger partial charge is 0.497 e. The summed E-state index contributed by atoms with van der Waals surface area (Å²) >= 11 is 3.41. The van der Waals surface area contributed by atoms with E-state index in [2.05, 4.69) is 28.6 Å². The highest BCUT2D eigenvalue weighted by atomic mass is 79.9. The maximum Gasteiger partial charge on any atom is 0.120 e. The molecule has 0 amide bonds. The van der Waals surface area contributed by atoms with Crippen molar-refractivity contribution in [3.63, 3.8) is 0 Å². The molecule has 0 aliphatic heterocycles. The lowest BCUT2D eigenvalue weighted by atomic mass is 10.1. The third-order valence-corrected chi connectivity index (χ3v) is 2.00. The second-order valence-corrected chi connectivity index (χ2v) is 3.41. The monoisotopic (exact) mass is 226 g/mol. The van der Waals surface area contributed by atoms with Crippen LogP contribution in [0.2, 0.25) is 0 Å². The van der Waals surface area contributed by atoms with Gasteiger partial charge in [-0.1, -0.05) is 22.0 Å². The van der Waals surface area contributed by atoms with Crippen LogP contribution >= 0.6 is 15.9 Å². The molecule has 2 heteroatoms. The minimum atomic E-state index is 0.871. The number of rotatable bonds is 3. The lowest BCUT2D eigenvalue weighted by Gasteiger charge is -2.03. The molecule has 0 unspecified atom stereocenters. The molecule has 0 heterocycles. The van der Waals surface area contributed by atoms with Crippen LogP contribution in [-0.2, 0) is 6.42 Å². The predicted octanol–water partition coefficient (Wildman–Crippen LogP) is 3.19. The molecule has 0 spiro atoms. The number of benzene rings is 1. The summed E-state index contributed by atoms with van der Waals surface area (Å²) in [6, 6.07) is 6.00. The van der Waals surface area contributed by atoms with Crippen molar-refractivity contribution in [1.82, 2.24) is 0 Å². The lowest BCUT2D eigenvalue weighted by molar-refractivity contribution is 0.414. The number of ether oxygens (including phenoxy) is 1. The molecular weight excluding hydrogens is 216 g/mol. The van der Waals surface area contributed by atoms with Crippen molar-refractivity contribution in [1.29, 1.82) is 0 Å². The highest BCUT2D eigenvalue weighted by molar-refractivity contribution is 9.10. The fourth-order valence-electron chi connectivity index (χ4n) is 1.02. The van der Waals surface area contributed by atoms with Crippen LogP contribution in [0.4, 0.5) is 0 Å². The number of allylic oxidation sites excluding steroid dienone is 1. The van der Waals surface area contributed by atoms with E-state index in [0.717, 1.165) is 16.6 Å². The van der Waals surface area contributed by atoms with Gasteiger partial charge in [0.1, 0.15) is 5.75 Å². The maximum absolute atomic E-state index is 5.12. The van der Waals surface area contributed by atoms with Gasteiger partial charge in [0.25, 0.3) is 0 Å². The molecule has 12 heavy (non-hydrogen) atoms. The fraction of sp³-hybridized carbons (Fsp3) is 0.200. The van der Waals surface area contributed by atoms with Crippen LogP contribution in [0.1, 0.15) is 5.56 Å². The molecule has 0 fully saturated rings. The molecule has 64 valence electrons. The molecule has 1 nitrogen and oxygen atoms in total. The summed E-state index contributed by atoms with van der Waals surface area (Å²) in [6.07, 6.45) is 2.75. The van der Waals surface area contributed by atoms with Gasteiger partial charge in [0, 0.05) is 4.47 Å². The summed E-state index contributed by atoms with van der Waals surface area (Å²) in [5.41, 5.74) is 1.20. The summed E-state index contributed by atoms with van der Waals surface area (Å²) in [7, 11) is 1.67. The van der Waals surface area contributed by atoms with E-state index in [1.165, 1.54) is 5.56 Å². The Morgan fingerprint density at radius 2 is 2.25 bits per heavy atom. The van der Waals surface area contributed by atoms with E-state index in [1.54, 1.807) is 7.11 Å². The van der Waals surface area contributed by atoms with Gasteiger partial charge in [0.15, 0.2) is 0 Å². The average Bonchev–Trinajstić information content (AvgIpc) is 2.04. The van der Waals surface area contributed by atoms with E-state index >= 15 is 0 Å². The summed E-state index contributed by atoms with van der Waals surface area (Å²) < 4.78 is 6.16. The van der Waals surface area contributed by atoms with Crippen molar-refractivity contribution in [3.8, 4) is 5.75 Å². The second-order valence-electron chi connectivity index (χ2n) is 2.49. The molecule has 1 aromatic rings. The molecule has 0 N–H and O–H groups in total. The summed E-state index contributed by atoms with van der Waals surface area (Å²) in [5, 5.41) is 0. The third kappa shape index (κ3) is 2.38. The Morgan fingerprint density at radius 3 is 2.83 bits per heavy atom. The first-order valence-electron chi connectivity index (χ1n) is 3.70. The predicted molar refractivity (Wildman–Crippen MR) is 54.6 cm³/mol. The Balaban J connectivity index is 2.97. The Bertz CT molecular complexity index is 281. The number of methoxy groups -OCH3 is 1. The normalized spacial score (nSPS) is 9.50. The van der Waals surface area contributed by atoms with E-state index in [0.29, 0.717) is 0 Å². The molecule has 0 aliphatic rings. The smallest absolute Gasteiger partial charge is 0.120 e.